The first-order chi connectivity index (χ1) is 12.3. The zero-order valence-electron chi connectivity index (χ0n) is 17.6. The first-order valence-electron chi connectivity index (χ1n) is 9.50. The molecule has 0 saturated heterocycles. The number of rotatable bonds is 4. The number of hydrogen-bond donors (Lipinski definition) is 2. The zero-order valence-corrected chi connectivity index (χ0v) is 17.6. The van der Waals surface area contributed by atoms with Crippen LogP contribution in [-0.2, 0) is 23.7 Å². The van der Waals surface area contributed by atoms with Crippen molar-refractivity contribution in [2.24, 2.45) is 0 Å². The predicted molar refractivity (Wildman–Crippen MR) is 109 cm³/mol. The van der Waals surface area contributed by atoms with Crippen LogP contribution in [0.4, 0.5) is 0 Å². The van der Waals surface area contributed by atoms with Crippen molar-refractivity contribution in [3.8, 4) is 11.5 Å². The Morgan fingerprint density at radius 1 is 0.852 bits per heavy atom. The van der Waals surface area contributed by atoms with Gasteiger partial charge in [-0.2, -0.15) is 0 Å². The van der Waals surface area contributed by atoms with E-state index in [-0.39, 0.29) is 16.6 Å². The molecule has 0 aliphatic rings. The minimum Gasteiger partial charge on any atom is -0.507 e. The van der Waals surface area contributed by atoms with E-state index in [1.807, 2.05) is 0 Å². The maximum Gasteiger partial charge on any atom is 0.227 e. The molecule has 0 aliphatic carbocycles. The molecule has 4 heteroatoms. The molecule has 0 saturated carbocycles. The molecule has 0 fully saturated rings. The van der Waals surface area contributed by atoms with Gasteiger partial charge in [-0.3, -0.25) is 4.79 Å². The van der Waals surface area contributed by atoms with Crippen LogP contribution in [0.2, 0.25) is 0 Å². The van der Waals surface area contributed by atoms with E-state index in [1.54, 1.807) is 6.92 Å². The highest BCUT2D eigenvalue weighted by Gasteiger charge is 2.26. The lowest BCUT2D eigenvalue weighted by molar-refractivity contribution is 0.385. The van der Waals surface area contributed by atoms with E-state index in [1.165, 1.54) is 6.07 Å². The summed E-state index contributed by atoms with van der Waals surface area (Å²) in [5.41, 5.74) is 2.29. The summed E-state index contributed by atoms with van der Waals surface area (Å²) in [6.07, 6.45) is 1.99. The molecule has 0 amide bonds. The van der Waals surface area contributed by atoms with E-state index in [0.29, 0.717) is 23.7 Å². The molecule has 1 heterocycles. The monoisotopic (exact) mass is 372 g/mol. The van der Waals surface area contributed by atoms with Crippen molar-refractivity contribution in [2.75, 3.05) is 0 Å². The third kappa shape index (κ3) is 4.94. The Hall–Kier alpha value is -2.23. The average molecular weight is 373 g/mol. The summed E-state index contributed by atoms with van der Waals surface area (Å²) in [6, 6.07) is 5.43. The number of phenolic OH excluding ortho intramolecular Hbond substituents is 1. The van der Waals surface area contributed by atoms with E-state index in [4.69, 9.17) is 4.42 Å². The van der Waals surface area contributed by atoms with E-state index in [0.717, 1.165) is 29.5 Å². The summed E-state index contributed by atoms with van der Waals surface area (Å²) in [4.78, 5) is 11.7. The SMILES string of the molecule is Cc1cc(=O)c(O)c(CCCc2cc(C(C)(C)C)c(O)c(C(C)(C)C)c2)o1. The molecule has 2 rings (SSSR count). The van der Waals surface area contributed by atoms with Crippen molar-refractivity contribution in [2.45, 2.75) is 78.6 Å². The summed E-state index contributed by atoms with van der Waals surface area (Å²) in [5.74, 6) is 0.923. The lowest BCUT2D eigenvalue weighted by Gasteiger charge is -2.28. The second kappa shape index (κ2) is 7.41. The fourth-order valence-corrected chi connectivity index (χ4v) is 3.27. The van der Waals surface area contributed by atoms with Crippen LogP contribution in [-0.4, -0.2) is 10.2 Å². The first-order valence-corrected chi connectivity index (χ1v) is 9.50. The highest BCUT2D eigenvalue weighted by molar-refractivity contribution is 5.50. The maximum absolute atomic E-state index is 11.7. The lowest BCUT2D eigenvalue weighted by atomic mass is 9.78. The Bertz CT molecular complexity index is 842. The molecule has 148 valence electrons. The normalized spacial score (nSPS) is 12.4. The van der Waals surface area contributed by atoms with Gasteiger partial charge in [-0.1, -0.05) is 53.7 Å². The molecule has 0 radical (unpaired) electrons. The Kier molecular flexibility index (Phi) is 5.79. The van der Waals surface area contributed by atoms with E-state index in [2.05, 4.69) is 53.7 Å². The first kappa shape index (κ1) is 21.1. The van der Waals surface area contributed by atoms with Crippen LogP contribution in [0.1, 0.15) is 76.2 Å². The Morgan fingerprint density at radius 2 is 1.37 bits per heavy atom. The van der Waals surface area contributed by atoms with Crippen molar-refractivity contribution in [1.82, 2.24) is 0 Å². The van der Waals surface area contributed by atoms with Gasteiger partial charge in [0.1, 0.15) is 17.3 Å². The minimum absolute atomic E-state index is 0.165. The molecule has 0 atom stereocenters. The van der Waals surface area contributed by atoms with Gasteiger partial charge in [0.25, 0.3) is 0 Å². The van der Waals surface area contributed by atoms with Crippen molar-refractivity contribution in [1.29, 1.82) is 0 Å². The highest BCUT2D eigenvalue weighted by Crippen LogP contribution is 2.40. The molecule has 4 nitrogen and oxygen atoms in total. The Balaban J connectivity index is 2.30. The fraction of sp³-hybridized carbons (Fsp3) is 0.522. The summed E-state index contributed by atoms with van der Waals surface area (Å²) in [7, 11) is 0. The van der Waals surface area contributed by atoms with E-state index < -0.39 is 5.43 Å². The summed E-state index contributed by atoms with van der Waals surface area (Å²) >= 11 is 0. The zero-order chi connectivity index (χ0) is 20.6. The highest BCUT2D eigenvalue weighted by atomic mass is 16.4. The molecule has 2 aromatic rings. The maximum atomic E-state index is 11.7. The number of phenols is 1. The van der Waals surface area contributed by atoms with Crippen molar-refractivity contribution < 1.29 is 14.6 Å². The number of benzene rings is 1. The van der Waals surface area contributed by atoms with Crippen LogP contribution < -0.4 is 5.43 Å². The van der Waals surface area contributed by atoms with Crippen molar-refractivity contribution >= 4 is 0 Å². The van der Waals surface area contributed by atoms with Crippen LogP contribution in [0.5, 0.6) is 11.5 Å². The number of aromatic hydroxyl groups is 2. The molecule has 27 heavy (non-hydrogen) atoms. The smallest absolute Gasteiger partial charge is 0.227 e. The molecular formula is C23H32O4. The molecule has 1 aromatic carbocycles. The van der Waals surface area contributed by atoms with Crippen molar-refractivity contribution in [3.05, 3.63) is 56.6 Å². The van der Waals surface area contributed by atoms with E-state index >= 15 is 0 Å². The van der Waals surface area contributed by atoms with Crippen LogP contribution in [0.15, 0.2) is 27.4 Å². The quantitative estimate of drug-likeness (QED) is 0.780. The van der Waals surface area contributed by atoms with Crippen LogP contribution in [0.3, 0.4) is 0 Å². The van der Waals surface area contributed by atoms with Crippen molar-refractivity contribution in [3.63, 3.8) is 0 Å². The summed E-state index contributed by atoms with van der Waals surface area (Å²) < 4.78 is 5.51. The summed E-state index contributed by atoms with van der Waals surface area (Å²) in [5, 5.41) is 20.7. The Labute approximate surface area is 161 Å². The third-order valence-electron chi connectivity index (χ3n) is 4.77. The minimum atomic E-state index is -0.400. The largest absolute Gasteiger partial charge is 0.507 e. The van der Waals surface area contributed by atoms with Crippen LogP contribution in [0, 0.1) is 6.92 Å². The molecule has 1 aromatic heterocycles. The number of hydrogen-bond acceptors (Lipinski definition) is 4. The Morgan fingerprint density at radius 3 is 1.85 bits per heavy atom. The van der Waals surface area contributed by atoms with Gasteiger partial charge in [-0.15, -0.1) is 0 Å². The van der Waals surface area contributed by atoms with Gasteiger partial charge in [0.05, 0.1) is 0 Å². The van der Waals surface area contributed by atoms with Gasteiger partial charge in [-0.25, -0.2) is 0 Å². The average Bonchev–Trinajstić information content (AvgIpc) is 2.51. The summed E-state index contributed by atoms with van der Waals surface area (Å²) in [6.45, 7) is 14.3. The van der Waals surface area contributed by atoms with Gasteiger partial charge in [0.2, 0.25) is 11.2 Å². The fourth-order valence-electron chi connectivity index (χ4n) is 3.27. The second-order valence-corrected chi connectivity index (χ2v) is 9.39. The third-order valence-corrected chi connectivity index (χ3v) is 4.77. The molecule has 2 N–H and O–H groups in total. The predicted octanol–water partition coefficient (Wildman–Crippen LogP) is 5.13. The molecule has 0 unspecified atom stereocenters. The molecule has 0 aliphatic heterocycles. The van der Waals surface area contributed by atoms with Gasteiger partial charge >= 0.3 is 0 Å². The second-order valence-electron chi connectivity index (χ2n) is 9.39. The van der Waals surface area contributed by atoms with Gasteiger partial charge in [0, 0.05) is 12.5 Å². The van der Waals surface area contributed by atoms with Crippen LogP contribution >= 0.6 is 0 Å². The standard InChI is InChI=1S/C23H32O4/c1-14-11-18(24)21(26)19(27-14)10-8-9-15-12-16(22(2,3)4)20(25)17(13-15)23(5,6)7/h11-13,25-26H,8-10H2,1-7H3. The molecule has 0 bridgehead atoms. The van der Waals surface area contributed by atoms with Crippen LogP contribution in [0.25, 0.3) is 0 Å². The van der Waals surface area contributed by atoms with Gasteiger partial charge < -0.3 is 14.6 Å². The number of aryl methyl sites for hydroxylation is 3. The molecular weight excluding hydrogens is 340 g/mol. The van der Waals surface area contributed by atoms with Gasteiger partial charge in [-0.05, 0) is 47.3 Å². The van der Waals surface area contributed by atoms with Gasteiger partial charge in [0.15, 0.2) is 0 Å². The van der Waals surface area contributed by atoms with E-state index in [9.17, 15) is 15.0 Å². The topological polar surface area (TPSA) is 70.7 Å². The molecule has 0 spiro atoms. The lowest BCUT2D eigenvalue weighted by Crippen LogP contribution is -2.18.